The van der Waals surface area contributed by atoms with Gasteiger partial charge in [-0.25, -0.2) is 0 Å². The highest BCUT2D eigenvalue weighted by molar-refractivity contribution is 6.32. The maximum absolute atomic E-state index is 8.86. The zero-order valence-electron chi connectivity index (χ0n) is 16.9. The number of hydrogen-bond acceptors (Lipinski definition) is 6. The minimum absolute atomic E-state index is 0.0170. The Balaban J connectivity index is 1.48. The molecule has 0 fully saturated rings. The molecule has 0 aliphatic rings. The molecule has 0 bridgehead atoms. The molecule has 1 aromatic carbocycles. The molecule has 0 unspecified atom stereocenters. The van der Waals surface area contributed by atoms with Gasteiger partial charge in [-0.15, -0.1) is 0 Å². The largest absolute Gasteiger partial charge is 0.486 e. The summed E-state index contributed by atoms with van der Waals surface area (Å²) in [4.78, 5) is 8.69. The zero-order chi connectivity index (χ0) is 21.5. The van der Waals surface area contributed by atoms with Crippen molar-refractivity contribution in [2.45, 2.75) is 13.2 Å². The molecule has 0 spiro atoms. The fraction of sp³-hybridized carbons (Fsp3) is 0.217. The molecule has 0 saturated carbocycles. The first-order valence-corrected chi connectivity index (χ1v) is 10.3. The number of hydrogen-bond donors (Lipinski definition) is 2. The van der Waals surface area contributed by atoms with Crippen LogP contribution in [0.5, 0.6) is 5.75 Å². The summed E-state index contributed by atoms with van der Waals surface area (Å²) in [5, 5.41) is 12.8. The number of aliphatic hydroxyl groups excluding tert-OH is 1. The summed E-state index contributed by atoms with van der Waals surface area (Å²) in [5.74, 6) is 0.599. The molecule has 4 rings (SSSR count). The number of fused-ring (bicyclic) bond motifs is 1. The Hall–Kier alpha value is -3.13. The fourth-order valence-corrected chi connectivity index (χ4v) is 3.47. The van der Waals surface area contributed by atoms with E-state index in [9.17, 15) is 0 Å². The lowest BCUT2D eigenvalue weighted by molar-refractivity contribution is 0.0875. The van der Waals surface area contributed by atoms with Gasteiger partial charge in [0.25, 0.3) is 0 Å². The van der Waals surface area contributed by atoms with E-state index in [1.165, 1.54) is 0 Å². The molecule has 0 saturated heterocycles. The van der Waals surface area contributed by atoms with Crippen molar-refractivity contribution < 1.29 is 14.6 Å². The summed E-state index contributed by atoms with van der Waals surface area (Å²) >= 11 is 6.45. The van der Waals surface area contributed by atoms with Gasteiger partial charge in [0.05, 0.1) is 47.3 Å². The van der Waals surface area contributed by atoms with Crippen molar-refractivity contribution in [2.75, 3.05) is 25.1 Å². The van der Waals surface area contributed by atoms with Crippen LogP contribution < -0.4 is 10.1 Å². The van der Waals surface area contributed by atoms with E-state index >= 15 is 0 Å². The third kappa shape index (κ3) is 5.32. The number of halogens is 1. The van der Waals surface area contributed by atoms with Crippen molar-refractivity contribution in [3.05, 3.63) is 77.8 Å². The molecule has 0 atom stereocenters. The molecule has 160 valence electrons. The van der Waals surface area contributed by atoms with Gasteiger partial charge in [0.15, 0.2) is 0 Å². The first-order valence-electron chi connectivity index (χ1n) is 9.96. The minimum atomic E-state index is 0.0170. The van der Waals surface area contributed by atoms with E-state index in [-0.39, 0.29) is 6.61 Å². The summed E-state index contributed by atoms with van der Waals surface area (Å²) in [6.45, 7) is 1.86. The monoisotopic (exact) mass is 438 g/mol. The number of rotatable bonds is 10. The summed E-state index contributed by atoms with van der Waals surface area (Å²) in [6.07, 6.45) is 5.48. The van der Waals surface area contributed by atoms with Crippen LogP contribution in [0.1, 0.15) is 5.69 Å². The van der Waals surface area contributed by atoms with Gasteiger partial charge < -0.3 is 24.5 Å². The Kier molecular flexibility index (Phi) is 6.99. The fourth-order valence-electron chi connectivity index (χ4n) is 3.23. The number of nitrogens with one attached hydrogen (secondary N) is 1. The predicted octanol–water partition coefficient (Wildman–Crippen LogP) is 4.42. The Morgan fingerprint density at radius 3 is 2.77 bits per heavy atom. The van der Waals surface area contributed by atoms with Crippen LogP contribution in [0, 0.1) is 0 Å². The van der Waals surface area contributed by atoms with Crippen molar-refractivity contribution in [3.8, 4) is 5.75 Å². The van der Waals surface area contributed by atoms with Gasteiger partial charge in [0.2, 0.25) is 0 Å². The third-order valence-corrected chi connectivity index (χ3v) is 4.97. The number of aliphatic hydroxyl groups is 1. The van der Waals surface area contributed by atoms with Crippen LogP contribution in [-0.4, -0.2) is 39.5 Å². The first kappa shape index (κ1) is 21.1. The second kappa shape index (κ2) is 10.3. The number of ether oxygens (including phenoxy) is 2. The van der Waals surface area contributed by atoms with E-state index in [2.05, 4.69) is 19.9 Å². The normalized spacial score (nSPS) is 11.0. The Labute approximate surface area is 185 Å². The molecule has 3 heterocycles. The van der Waals surface area contributed by atoms with Crippen LogP contribution >= 0.6 is 11.6 Å². The van der Waals surface area contributed by atoms with E-state index in [1.807, 2.05) is 54.7 Å². The molecule has 4 aromatic rings. The van der Waals surface area contributed by atoms with Gasteiger partial charge >= 0.3 is 0 Å². The minimum Gasteiger partial charge on any atom is -0.486 e. The summed E-state index contributed by atoms with van der Waals surface area (Å²) in [5.41, 5.74) is 4.45. The van der Waals surface area contributed by atoms with Crippen molar-refractivity contribution >= 4 is 34.0 Å². The van der Waals surface area contributed by atoms with Gasteiger partial charge in [-0.2, -0.15) is 0 Å². The van der Waals surface area contributed by atoms with Crippen molar-refractivity contribution in [1.29, 1.82) is 0 Å². The lowest BCUT2D eigenvalue weighted by Gasteiger charge is -2.13. The van der Waals surface area contributed by atoms with E-state index in [4.69, 9.17) is 26.2 Å². The maximum Gasteiger partial charge on any atom is 0.138 e. The second-order valence-electron chi connectivity index (χ2n) is 6.82. The molecule has 3 aromatic heterocycles. The number of benzene rings is 1. The molecule has 31 heavy (non-hydrogen) atoms. The molecule has 8 heteroatoms. The molecule has 0 amide bonds. The Bertz CT molecular complexity index is 1130. The molecule has 0 aliphatic carbocycles. The van der Waals surface area contributed by atoms with Crippen molar-refractivity contribution in [3.63, 3.8) is 0 Å². The third-order valence-electron chi connectivity index (χ3n) is 4.68. The van der Waals surface area contributed by atoms with Gasteiger partial charge in [-0.05, 0) is 42.5 Å². The molecular formula is C23H23ClN4O3. The average molecular weight is 439 g/mol. The Morgan fingerprint density at radius 2 is 1.97 bits per heavy atom. The predicted molar refractivity (Wildman–Crippen MR) is 121 cm³/mol. The highest BCUT2D eigenvalue weighted by Gasteiger charge is 2.10. The average Bonchev–Trinajstić information content (AvgIpc) is 3.21. The second-order valence-corrected chi connectivity index (χ2v) is 7.22. The van der Waals surface area contributed by atoms with Crippen LogP contribution in [0.2, 0.25) is 5.02 Å². The molecular weight excluding hydrogens is 416 g/mol. The van der Waals surface area contributed by atoms with Crippen LogP contribution in [0.15, 0.2) is 67.1 Å². The van der Waals surface area contributed by atoms with E-state index in [0.29, 0.717) is 37.1 Å². The Morgan fingerprint density at radius 1 is 1.03 bits per heavy atom. The van der Waals surface area contributed by atoms with Crippen molar-refractivity contribution in [1.82, 2.24) is 14.5 Å². The van der Waals surface area contributed by atoms with Gasteiger partial charge in [0, 0.05) is 30.8 Å². The van der Waals surface area contributed by atoms with Crippen molar-refractivity contribution in [2.24, 2.45) is 0 Å². The first-order chi connectivity index (χ1) is 15.2. The van der Waals surface area contributed by atoms with E-state index in [1.54, 1.807) is 12.4 Å². The van der Waals surface area contributed by atoms with Crippen LogP contribution in [0.4, 0.5) is 11.4 Å². The summed E-state index contributed by atoms with van der Waals surface area (Å²) in [7, 11) is 0. The summed E-state index contributed by atoms with van der Waals surface area (Å²) < 4.78 is 13.3. The number of nitrogens with zero attached hydrogens (tertiary/aromatic N) is 3. The lowest BCUT2D eigenvalue weighted by Crippen LogP contribution is -2.08. The zero-order valence-corrected chi connectivity index (χ0v) is 17.6. The number of pyridine rings is 2. The van der Waals surface area contributed by atoms with Crippen LogP contribution in [0.25, 0.3) is 11.0 Å². The molecule has 0 radical (unpaired) electrons. The summed E-state index contributed by atoms with van der Waals surface area (Å²) in [6, 6.07) is 15.2. The maximum atomic E-state index is 8.86. The lowest BCUT2D eigenvalue weighted by atomic mass is 10.2. The van der Waals surface area contributed by atoms with E-state index < -0.39 is 0 Å². The number of anilines is 2. The van der Waals surface area contributed by atoms with Crippen LogP contribution in [-0.2, 0) is 17.9 Å². The number of aromatic nitrogens is 3. The highest BCUT2D eigenvalue weighted by Crippen LogP contribution is 2.31. The smallest absolute Gasteiger partial charge is 0.138 e. The standard InChI is InChI=1S/C23H23ClN4O3/c24-19-15-17(4-5-22(19)31-16-18-3-1-2-8-25-18)27-21-6-9-26-20-7-10-28(23(20)21)11-13-30-14-12-29/h1-10,15,29H,11-14,16H2,(H,26,27). The molecule has 0 aliphatic heterocycles. The molecule has 2 N–H and O–H groups in total. The quantitative estimate of drug-likeness (QED) is 0.357. The SMILES string of the molecule is OCCOCCn1ccc2nccc(Nc3ccc(OCc4ccccn4)c(Cl)c3)c21. The molecule has 7 nitrogen and oxygen atoms in total. The van der Waals surface area contributed by atoms with Crippen LogP contribution in [0.3, 0.4) is 0 Å². The van der Waals surface area contributed by atoms with Gasteiger partial charge in [-0.1, -0.05) is 17.7 Å². The topological polar surface area (TPSA) is 81.4 Å². The highest BCUT2D eigenvalue weighted by atomic mass is 35.5. The van der Waals surface area contributed by atoms with E-state index in [0.717, 1.165) is 28.1 Å². The van der Waals surface area contributed by atoms with Gasteiger partial charge in [-0.3, -0.25) is 9.97 Å². The van der Waals surface area contributed by atoms with Gasteiger partial charge in [0.1, 0.15) is 12.4 Å².